The number of carbonyl (C=O) groups excluding carboxylic acids is 1. The van der Waals surface area contributed by atoms with Crippen molar-refractivity contribution < 1.29 is 17.6 Å². The van der Waals surface area contributed by atoms with Crippen LogP contribution in [0.2, 0.25) is 0 Å². The SMILES string of the molecule is O=C(NC1CCC1)N1CCCN(S(=O)(=O)c2ccc(F)cc2)CC1. The van der Waals surface area contributed by atoms with Gasteiger partial charge >= 0.3 is 6.03 Å². The number of urea groups is 1. The Labute approximate surface area is 141 Å². The monoisotopic (exact) mass is 355 g/mol. The molecule has 1 heterocycles. The zero-order valence-corrected chi connectivity index (χ0v) is 14.3. The first-order valence-electron chi connectivity index (χ1n) is 8.28. The smallest absolute Gasteiger partial charge is 0.317 e. The van der Waals surface area contributed by atoms with Crippen molar-refractivity contribution in [2.75, 3.05) is 26.2 Å². The van der Waals surface area contributed by atoms with E-state index in [4.69, 9.17) is 0 Å². The molecule has 0 bridgehead atoms. The van der Waals surface area contributed by atoms with E-state index in [1.165, 1.54) is 16.4 Å². The van der Waals surface area contributed by atoms with Crippen LogP contribution < -0.4 is 5.32 Å². The molecule has 1 saturated heterocycles. The molecule has 0 aromatic heterocycles. The molecule has 1 aromatic rings. The summed E-state index contributed by atoms with van der Waals surface area (Å²) in [6.07, 6.45) is 3.77. The van der Waals surface area contributed by atoms with Crippen LogP contribution in [0.4, 0.5) is 9.18 Å². The first-order chi connectivity index (χ1) is 11.5. The molecule has 1 aliphatic heterocycles. The third-order valence-corrected chi connectivity index (χ3v) is 6.54. The van der Waals surface area contributed by atoms with Crippen LogP contribution in [0.25, 0.3) is 0 Å². The van der Waals surface area contributed by atoms with Crippen molar-refractivity contribution in [2.24, 2.45) is 0 Å². The summed E-state index contributed by atoms with van der Waals surface area (Å²) < 4.78 is 39.7. The van der Waals surface area contributed by atoms with Crippen molar-refractivity contribution in [3.05, 3.63) is 30.1 Å². The van der Waals surface area contributed by atoms with Gasteiger partial charge in [0.05, 0.1) is 4.90 Å². The summed E-state index contributed by atoms with van der Waals surface area (Å²) >= 11 is 0. The Morgan fingerprint density at radius 3 is 2.38 bits per heavy atom. The summed E-state index contributed by atoms with van der Waals surface area (Å²) in [5.74, 6) is -0.469. The summed E-state index contributed by atoms with van der Waals surface area (Å²) in [7, 11) is -3.66. The second-order valence-corrected chi connectivity index (χ2v) is 8.21. The summed E-state index contributed by atoms with van der Waals surface area (Å²) in [5, 5.41) is 2.98. The van der Waals surface area contributed by atoms with Gasteiger partial charge in [0.1, 0.15) is 5.82 Å². The molecule has 1 aromatic carbocycles. The first kappa shape index (κ1) is 17.2. The van der Waals surface area contributed by atoms with Gasteiger partial charge in [0.25, 0.3) is 0 Å². The molecule has 0 radical (unpaired) electrons. The van der Waals surface area contributed by atoms with Crippen LogP contribution in [0, 0.1) is 5.82 Å². The summed E-state index contributed by atoms with van der Waals surface area (Å²) in [5.41, 5.74) is 0. The lowest BCUT2D eigenvalue weighted by Crippen LogP contribution is -2.48. The number of nitrogens with one attached hydrogen (secondary N) is 1. The van der Waals surface area contributed by atoms with Gasteiger partial charge in [-0.2, -0.15) is 4.31 Å². The molecule has 8 heteroatoms. The van der Waals surface area contributed by atoms with E-state index in [1.54, 1.807) is 4.90 Å². The molecule has 0 atom stereocenters. The molecular formula is C16H22FN3O3S. The van der Waals surface area contributed by atoms with Crippen LogP contribution in [0.1, 0.15) is 25.7 Å². The second kappa shape index (κ2) is 7.06. The van der Waals surface area contributed by atoms with Gasteiger partial charge in [-0.25, -0.2) is 17.6 Å². The van der Waals surface area contributed by atoms with Crippen molar-refractivity contribution in [3.63, 3.8) is 0 Å². The van der Waals surface area contributed by atoms with Gasteiger partial charge in [-0.15, -0.1) is 0 Å². The zero-order valence-electron chi connectivity index (χ0n) is 13.4. The lowest BCUT2D eigenvalue weighted by atomic mass is 9.93. The minimum absolute atomic E-state index is 0.0799. The average Bonchev–Trinajstić information content (AvgIpc) is 2.77. The molecule has 1 N–H and O–H groups in total. The molecule has 0 unspecified atom stereocenters. The molecule has 1 aliphatic carbocycles. The van der Waals surface area contributed by atoms with Gasteiger partial charge in [-0.1, -0.05) is 0 Å². The van der Waals surface area contributed by atoms with Crippen LogP contribution >= 0.6 is 0 Å². The Morgan fingerprint density at radius 1 is 1.04 bits per heavy atom. The summed E-state index contributed by atoms with van der Waals surface area (Å²) in [6, 6.07) is 4.99. The topological polar surface area (TPSA) is 69.7 Å². The Hall–Kier alpha value is -1.67. The number of halogens is 1. The summed E-state index contributed by atoms with van der Waals surface area (Å²) in [4.78, 5) is 14.0. The third-order valence-electron chi connectivity index (χ3n) is 4.63. The highest BCUT2D eigenvalue weighted by Gasteiger charge is 2.29. The van der Waals surface area contributed by atoms with Crippen molar-refractivity contribution in [1.82, 2.24) is 14.5 Å². The van der Waals surface area contributed by atoms with Crippen molar-refractivity contribution in [2.45, 2.75) is 36.6 Å². The maximum atomic E-state index is 13.0. The van der Waals surface area contributed by atoms with Gasteiger partial charge in [0, 0.05) is 32.2 Å². The van der Waals surface area contributed by atoms with E-state index >= 15 is 0 Å². The highest BCUT2D eigenvalue weighted by Crippen LogP contribution is 2.20. The molecule has 3 rings (SSSR count). The Kier molecular flexibility index (Phi) is 5.05. The molecule has 1 saturated carbocycles. The third kappa shape index (κ3) is 3.70. The minimum atomic E-state index is -3.66. The van der Waals surface area contributed by atoms with Crippen molar-refractivity contribution >= 4 is 16.1 Å². The lowest BCUT2D eigenvalue weighted by Gasteiger charge is -2.30. The Bertz CT molecular complexity index is 689. The van der Waals surface area contributed by atoms with Gasteiger partial charge in [-0.3, -0.25) is 0 Å². The summed E-state index contributed by atoms with van der Waals surface area (Å²) in [6.45, 7) is 1.50. The predicted molar refractivity (Wildman–Crippen MR) is 87.5 cm³/mol. The van der Waals surface area contributed by atoms with Crippen LogP contribution in [-0.2, 0) is 10.0 Å². The van der Waals surface area contributed by atoms with Gasteiger partial charge < -0.3 is 10.2 Å². The largest absolute Gasteiger partial charge is 0.335 e. The molecule has 2 amide bonds. The van der Waals surface area contributed by atoms with E-state index in [1.807, 2.05) is 0 Å². The molecule has 132 valence electrons. The van der Waals surface area contributed by atoms with Crippen LogP contribution in [-0.4, -0.2) is 55.9 Å². The van der Waals surface area contributed by atoms with Gasteiger partial charge in [0.2, 0.25) is 10.0 Å². The molecule has 2 fully saturated rings. The fraction of sp³-hybridized carbons (Fsp3) is 0.562. The fourth-order valence-electron chi connectivity index (χ4n) is 2.91. The number of hydrogen-bond donors (Lipinski definition) is 1. The van der Waals surface area contributed by atoms with E-state index in [0.29, 0.717) is 26.1 Å². The highest BCUT2D eigenvalue weighted by atomic mass is 32.2. The number of rotatable bonds is 3. The maximum Gasteiger partial charge on any atom is 0.317 e. The number of nitrogens with zero attached hydrogens (tertiary/aromatic N) is 2. The first-order valence-corrected chi connectivity index (χ1v) is 9.72. The number of carbonyl (C=O) groups is 1. The van der Waals surface area contributed by atoms with Gasteiger partial charge in [-0.05, 0) is 49.9 Å². The maximum absolute atomic E-state index is 13.0. The fourth-order valence-corrected chi connectivity index (χ4v) is 4.38. The highest BCUT2D eigenvalue weighted by molar-refractivity contribution is 7.89. The lowest BCUT2D eigenvalue weighted by molar-refractivity contribution is 0.188. The van der Waals surface area contributed by atoms with Crippen molar-refractivity contribution in [1.29, 1.82) is 0 Å². The number of amides is 2. The van der Waals surface area contributed by atoms with E-state index in [-0.39, 0.29) is 23.5 Å². The second-order valence-electron chi connectivity index (χ2n) is 6.28. The van der Waals surface area contributed by atoms with Crippen LogP contribution in [0.15, 0.2) is 29.2 Å². The number of benzene rings is 1. The molecule has 0 spiro atoms. The normalized spacial score (nSPS) is 20.3. The average molecular weight is 355 g/mol. The van der Waals surface area contributed by atoms with E-state index in [2.05, 4.69) is 5.32 Å². The molecular weight excluding hydrogens is 333 g/mol. The van der Waals surface area contributed by atoms with Crippen molar-refractivity contribution in [3.8, 4) is 0 Å². The Morgan fingerprint density at radius 2 is 1.75 bits per heavy atom. The zero-order chi connectivity index (χ0) is 17.2. The van der Waals surface area contributed by atoms with Gasteiger partial charge in [0.15, 0.2) is 0 Å². The standard InChI is InChI=1S/C16H22FN3O3S/c17-13-5-7-15(8-6-13)24(22,23)20-10-2-9-19(11-12-20)16(21)18-14-3-1-4-14/h5-8,14H,1-4,9-12H2,(H,18,21). The van der Waals surface area contributed by atoms with Crippen LogP contribution in [0.3, 0.4) is 0 Å². The molecule has 6 nitrogen and oxygen atoms in total. The molecule has 2 aliphatic rings. The predicted octanol–water partition coefficient (Wildman–Crippen LogP) is 1.78. The quantitative estimate of drug-likeness (QED) is 0.899. The number of hydrogen-bond acceptors (Lipinski definition) is 3. The minimum Gasteiger partial charge on any atom is -0.335 e. The van der Waals surface area contributed by atoms with E-state index in [0.717, 1.165) is 31.4 Å². The molecule has 24 heavy (non-hydrogen) atoms. The Balaban J connectivity index is 1.63. The number of sulfonamides is 1. The van der Waals surface area contributed by atoms with E-state index < -0.39 is 15.8 Å². The van der Waals surface area contributed by atoms with Crippen LogP contribution in [0.5, 0.6) is 0 Å². The van der Waals surface area contributed by atoms with E-state index in [9.17, 15) is 17.6 Å².